The van der Waals surface area contributed by atoms with Crippen LogP contribution in [0.3, 0.4) is 0 Å². The molecule has 0 saturated carbocycles. The molecule has 1 fully saturated rings. The first kappa shape index (κ1) is 24.8. The number of rotatable bonds is 6. The van der Waals surface area contributed by atoms with E-state index in [4.69, 9.17) is 4.52 Å². The van der Waals surface area contributed by atoms with E-state index in [0.717, 1.165) is 22.4 Å². The van der Waals surface area contributed by atoms with Gasteiger partial charge in [-0.1, -0.05) is 41.1 Å². The van der Waals surface area contributed by atoms with E-state index >= 15 is 0 Å². The lowest BCUT2D eigenvalue weighted by atomic mass is 9.99. The second-order valence-corrected chi connectivity index (χ2v) is 10.9. The molecule has 3 heterocycles. The summed E-state index contributed by atoms with van der Waals surface area (Å²) in [4.78, 5) is 17.2. The van der Waals surface area contributed by atoms with Crippen molar-refractivity contribution in [1.82, 2.24) is 14.4 Å². The van der Waals surface area contributed by atoms with Crippen LogP contribution in [-0.4, -0.2) is 41.9 Å². The molecule has 1 aliphatic heterocycles. The van der Waals surface area contributed by atoms with Crippen LogP contribution in [0.25, 0.3) is 12.2 Å². The Hall–Kier alpha value is -3.30. The zero-order chi connectivity index (χ0) is 25.2. The van der Waals surface area contributed by atoms with Gasteiger partial charge < -0.3 is 9.84 Å². The number of aromatic nitrogens is 2. The number of piperidine rings is 1. The van der Waals surface area contributed by atoms with Crippen LogP contribution in [0.15, 0.2) is 45.8 Å². The van der Waals surface area contributed by atoms with Gasteiger partial charge in [-0.25, -0.2) is 13.4 Å². The minimum absolute atomic E-state index is 0.0421. The number of anilines is 1. The van der Waals surface area contributed by atoms with E-state index < -0.39 is 15.9 Å². The first-order valence-corrected chi connectivity index (χ1v) is 13.1. The summed E-state index contributed by atoms with van der Waals surface area (Å²) in [6.45, 7) is 7.88. The summed E-state index contributed by atoms with van der Waals surface area (Å²) in [5, 5.41) is 6.75. The molecule has 8 nitrogen and oxygen atoms in total. The highest BCUT2D eigenvalue weighted by Gasteiger charge is 2.37. The van der Waals surface area contributed by atoms with E-state index in [1.54, 1.807) is 19.1 Å². The lowest BCUT2D eigenvalue weighted by molar-refractivity contribution is -0.120. The van der Waals surface area contributed by atoms with Crippen molar-refractivity contribution in [2.24, 2.45) is 5.92 Å². The van der Waals surface area contributed by atoms with Crippen molar-refractivity contribution in [3.8, 4) is 0 Å². The van der Waals surface area contributed by atoms with E-state index in [9.17, 15) is 13.2 Å². The van der Waals surface area contributed by atoms with Crippen molar-refractivity contribution in [3.05, 3.63) is 70.2 Å². The predicted octanol–water partition coefficient (Wildman–Crippen LogP) is 4.51. The summed E-state index contributed by atoms with van der Waals surface area (Å²) in [5.74, 6) is -0.0716. The Kier molecular flexibility index (Phi) is 7.18. The van der Waals surface area contributed by atoms with Crippen molar-refractivity contribution in [2.75, 3.05) is 18.4 Å². The molecule has 1 aliphatic rings. The standard InChI is InChI=1S/C26H30N4O4S/c1-17-10-11-18(2)21(15-17)12-13-23-25(20(4)29-34-23)35(32,33)30-14-6-8-22(16-30)26(31)28-24-9-5-7-19(3)27-24/h5,7,9-13,15,22H,6,8,14,16H2,1-4H3,(H,27,28,31)/b13-12+/t22-/m0/s1. The number of sulfonamides is 1. The number of hydrogen-bond acceptors (Lipinski definition) is 6. The number of hydrogen-bond donors (Lipinski definition) is 1. The summed E-state index contributed by atoms with van der Waals surface area (Å²) in [6.07, 6.45) is 4.66. The average Bonchev–Trinajstić information content (AvgIpc) is 3.21. The van der Waals surface area contributed by atoms with E-state index in [2.05, 4.69) is 15.5 Å². The number of nitrogens with zero attached hydrogens (tertiary/aromatic N) is 3. The lowest BCUT2D eigenvalue weighted by Gasteiger charge is -2.31. The molecule has 35 heavy (non-hydrogen) atoms. The molecule has 0 unspecified atom stereocenters. The van der Waals surface area contributed by atoms with Crippen LogP contribution in [0.2, 0.25) is 0 Å². The van der Waals surface area contributed by atoms with Gasteiger partial charge in [-0.3, -0.25) is 4.79 Å². The number of pyridine rings is 1. The minimum Gasteiger partial charge on any atom is -0.355 e. The van der Waals surface area contributed by atoms with Crippen LogP contribution in [0.4, 0.5) is 5.82 Å². The van der Waals surface area contributed by atoms with Gasteiger partial charge in [0.25, 0.3) is 0 Å². The van der Waals surface area contributed by atoms with Crippen molar-refractivity contribution in [1.29, 1.82) is 0 Å². The maximum absolute atomic E-state index is 13.6. The zero-order valence-corrected chi connectivity index (χ0v) is 21.2. The SMILES string of the molecule is Cc1ccc(C)c(/C=C/c2onc(C)c2S(=O)(=O)N2CCC[C@H](C(=O)Nc3cccc(C)n3)C2)c1. The normalized spacial score (nSPS) is 17.1. The molecule has 3 aromatic rings. The molecule has 1 amide bonds. The van der Waals surface area contributed by atoms with Gasteiger partial charge in [0.05, 0.1) is 5.92 Å². The number of amides is 1. The number of carbonyl (C=O) groups excluding carboxylic acids is 1. The quantitative estimate of drug-likeness (QED) is 0.540. The molecular weight excluding hydrogens is 464 g/mol. The molecule has 0 aliphatic carbocycles. The van der Waals surface area contributed by atoms with Crippen LogP contribution in [-0.2, 0) is 14.8 Å². The van der Waals surface area contributed by atoms with Gasteiger partial charge in [0.2, 0.25) is 15.9 Å². The Balaban J connectivity index is 1.55. The Morgan fingerprint density at radius 2 is 1.94 bits per heavy atom. The first-order valence-electron chi connectivity index (χ1n) is 11.6. The highest BCUT2D eigenvalue weighted by molar-refractivity contribution is 7.89. The fourth-order valence-electron chi connectivity index (χ4n) is 4.25. The predicted molar refractivity (Wildman–Crippen MR) is 135 cm³/mol. The van der Waals surface area contributed by atoms with Crippen molar-refractivity contribution in [3.63, 3.8) is 0 Å². The molecule has 4 rings (SSSR count). The Labute approximate surface area is 206 Å². The van der Waals surface area contributed by atoms with Gasteiger partial charge >= 0.3 is 0 Å². The van der Waals surface area contributed by atoms with Crippen LogP contribution in [0.5, 0.6) is 0 Å². The molecule has 0 radical (unpaired) electrons. The van der Waals surface area contributed by atoms with Gasteiger partial charge in [-0.05, 0) is 69.9 Å². The maximum atomic E-state index is 13.6. The molecular formula is C26H30N4O4S. The fraction of sp³-hybridized carbons (Fsp3) is 0.346. The Morgan fingerprint density at radius 1 is 1.14 bits per heavy atom. The second-order valence-electron chi connectivity index (χ2n) is 9.01. The van der Waals surface area contributed by atoms with E-state index in [1.165, 1.54) is 4.31 Å². The number of carbonyl (C=O) groups is 1. The van der Waals surface area contributed by atoms with Crippen molar-refractivity contribution < 1.29 is 17.7 Å². The summed E-state index contributed by atoms with van der Waals surface area (Å²) in [6, 6.07) is 11.5. The summed E-state index contributed by atoms with van der Waals surface area (Å²) in [7, 11) is -3.92. The fourth-order valence-corrected chi connectivity index (χ4v) is 6.02. The van der Waals surface area contributed by atoms with Gasteiger partial charge in [0.1, 0.15) is 11.5 Å². The third-order valence-electron chi connectivity index (χ3n) is 6.17. The Morgan fingerprint density at radius 3 is 2.71 bits per heavy atom. The summed E-state index contributed by atoms with van der Waals surface area (Å²) in [5.41, 5.74) is 4.24. The average molecular weight is 495 g/mol. The van der Waals surface area contributed by atoms with Gasteiger partial charge in [-0.15, -0.1) is 0 Å². The second kappa shape index (κ2) is 10.1. The molecule has 1 aromatic carbocycles. The van der Waals surface area contributed by atoms with Crippen LogP contribution < -0.4 is 5.32 Å². The van der Waals surface area contributed by atoms with Crippen molar-refractivity contribution in [2.45, 2.75) is 45.4 Å². The van der Waals surface area contributed by atoms with Crippen molar-refractivity contribution >= 4 is 33.9 Å². The topological polar surface area (TPSA) is 105 Å². The minimum atomic E-state index is -3.92. The number of benzene rings is 1. The first-order chi connectivity index (χ1) is 16.6. The van der Waals surface area contributed by atoms with E-state index in [1.807, 2.05) is 57.2 Å². The van der Waals surface area contributed by atoms with Gasteiger partial charge in [0.15, 0.2) is 10.7 Å². The van der Waals surface area contributed by atoms with Crippen LogP contribution in [0, 0.1) is 33.6 Å². The molecule has 1 saturated heterocycles. The number of nitrogens with one attached hydrogen (secondary N) is 1. The molecule has 2 aromatic heterocycles. The monoisotopic (exact) mass is 494 g/mol. The molecule has 0 spiro atoms. The highest BCUT2D eigenvalue weighted by atomic mass is 32.2. The molecule has 0 bridgehead atoms. The third-order valence-corrected chi connectivity index (χ3v) is 8.20. The summed E-state index contributed by atoms with van der Waals surface area (Å²) < 4.78 is 34.0. The smallest absolute Gasteiger partial charge is 0.248 e. The third kappa shape index (κ3) is 5.52. The Bertz CT molecular complexity index is 1380. The van der Waals surface area contributed by atoms with Crippen LogP contribution >= 0.6 is 0 Å². The lowest BCUT2D eigenvalue weighted by Crippen LogP contribution is -2.44. The highest BCUT2D eigenvalue weighted by Crippen LogP contribution is 2.30. The zero-order valence-electron chi connectivity index (χ0n) is 20.4. The van der Waals surface area contributed by atoms with Gasteiger partial charge in [-0.2, -0.15) is 4.31 Å². The molecule has 1 N–H and O–H groups in total. The molecule has 184 valence electrons. The van der Waals surface area contributed by atoms with E-state index in [0.29, 0.717) is 30.9 Å². The van der Waals surface area contributed by atoms with Gasteiger partial charge in [0, 0.05) is 18.8 Å². The van der Waals surface area contributed by atoms with E-state index in [-0.39, 0.29) is 23.1 Å². The van der Waals surface area contributed by atoms with Crippen LogP contribution in [0.1, 0.15) is 46.7 Å². The molecule has 1 atom stereocenters. The maximum Gasteiger partial charge on any atom is 0.248 e. The summed E-state index contributed by atoms with van der Waals surface area (Å²) >= 11 is 0. The number of aryl methyl sites for hydroxylation is 4. The molecule has 9 heteroatoms. The largest absolute Gasteiger partial charge is 0.355 e.